The van der Waals surface area contributed by atoms with Crippen LogP contribution in [0.5, 0.6) is 11.5 Å². The highest BCUT2D eigenvalue weighted by Crippen LogP contribution is 2.51. The summed E-state index contributed by atoms with van der Waals surface area (Å²) < 4.78 is 17.5. The standard InChI is InChI=1S/C27H31NO5/c1-17(2)8-7-14-26(3)15-13-18-11-12-21-22(23(18)33-26)27(30,24(32-5)25(29)28-21)19-9-6-10-20(16-19)31-4/h6,8-13,15-16,24,30H,7,14H2,1-5H3,(H,28,29)/t24-,26-,27+/m1/s1. The van der Waals surface area contributed by atoms with Gasteiger partial charge in [-0.2, -0.15) is 0 Å². The van der Waals surface area contributed by atoms with E-state index in [2.05, 4.69) is 31.3 Å². The Morgan fingerprint density at radius 3 is 2.73 bits per heavy atom. The number of hydrogen-bond acceptors (Lipinski definition) is 5. The second-order valence-corrected chi connectivity index (χ2v) is 9.08. The number of carbonyl (C=O) groups is 1. The zero-order valence-electron chi connectivity index (χ0n) is 19.8. The van der Waals surface area contributed by atoms with Gasteiger partial charge in [-0.25, -0.2) is 0 Å². The molecule has 2 heterocycles. The van der Waals surface area contributed by atoms with E-state index in [-0.39, 0.29) is 0 Å². The summed E-state index contributed by atoms with van der Waals surface area (Å²) in [5.74, 6) is 0.690. The number of fused-ring (bicyclic) bond motifs is 3. The van der Waals surface area contributed by atoms with Crippen molar-refractivity contribution in [3.05, 3.63) is 70.8 Å². The van der Waals surface area contributed by atoms with Gasteiger partial charge in [-0.3, -0.25) is 4.79 Å². The first-order valence-corrected chi connectivity index (χ1v) is 11.1. The van der Waals surface area contributed by atoms with E-state index in [9.17, 15) is 9.90 Å². The van der Waals surface area contributed by atoms with Gasteiger partial charge in [0.2, 0.25) is 0 Å². The molecule has 0 unspecified atom stereocenters. The number of aliphatic hydroxyl groups is 1. The molecule has 6 nitrogen and oxygen atoms in total. The van der Waals surface area contributed by atoms with Gasteiger partial charge in [0.25, 0.3) is 5.91 Å². The van der Waals surface area contributed by atoms with Crippen LogP contribution in [-0.2, 0) is 15.1 Å². The molecule has 0 saturated heterocycles. The Labute approximate surface area is 194 Å². The van der Waals surface area contributed by atoms with E-state index in [0.29, 0.717) is 28.3 Å². The first kappa shape index (κ1) is 23.1. The summed E-state index contributed by atoms with van der Waals surface area (Å²) in [6.45, 7) is 6.19. The van der Waals surface area contributed by atoms with Gasteiger partial charge in [-0.05, 0) is 69.5 Å². The van der Waals surface area contributed by atoms with Crippen LogP contribution in [0, 0.1) is 0 Å². The molecule has 2 aromatic rings. The lowest BCUT2D eigenvalue weighted by Crippen LogP contribution is -2.53. The van der Waals surface area contributed by atoms with Gasteiger partial charge in [-0.1, -0.05) is 29.9 Å². The molecule has 2 aliphatic rings. The Morgan fingerprint density at radius 2 is 2.03 bits per heavy atom. The van der Waals surface area contributed by atoms with Crippen LogP contribution in [0.15, 0.2) is 54.1 Å². The van der Waals surface area contributed by atoms with Crippen molar-refractivity contribution in [2.24, 2.45) is 0 Å². The van der Waals surface area contributed by atoms with Crippen molar-refractivity contribution in [1.82, 2.24) is 0 Å². The zero-order valence-corrected chi connectivity index (χ0v) is 19.8. The van der Waals surface area contributed by atoms with Gasteiger partial charge in [0.1, 0.15) is 17.1 Å². The van der Waals surface area contributed by atoms with E-state index < -0.39 is 23.2 Å². The van der Waals surface area contributed by atoms with Crippen molar-refractivity contribution >= 4 is 17.7 Å². The Balaban J connectivity index is 1.89. The maximum atomic E-state index is 12.9. The molecule has 0 spiro atoms. The fourth-order valence-electron chi connectivity index (χ4n) is 4.59. The van der Waals surface area contributed by atoms with Crippen molar-refractivity contribution < 1.29 is 24.1 Å². The Kier molecular flexibility index (Phi) is 6.08. The molecular formula is C27H31NO5. The summed E-state index contributed by atoms with van der Waals surface area (Å²) in [6.07, 6.45) is 6.73. The van der Waals surface area contributed by atoms with E-state index in [4.69, 9.17) is 14.2 Å². The third kappa shape index (κ3) is 4.05. The van der Waals surface area contributed by atoms with E-state index in [1.54, 1.807) is 37.4 Å². The number of hydrogen-bond donors (Lipinski definition) is 2. The SMILES string of the molecule is COc1cccc([C@]2(O)c3c(ccc4c3O[C@](C)(CCC=C(C)C)C=C4)NC(=O)[C@H]2OC)c1. The van der Waals surface area contributed by atoms with Gasteiger partial charge >= 0.3 is 0 Å². The van der Waals surface area contributed by atoms with Crippen molar-refractivity contribution in [2.45, 2.75) is 50.9 Å². The van der Waals surface area contributed by atoms with E-state index >= 15 is 0 Å². The average molecular weight is 450 g/mol. The lowest BCUT2D eigenvalue weighted by molar-refractivity contribution is -0.142. The Hall–Kier alpha value is -3.09. The van der Waals surface area contributed by atoms with Crippen LogP contribution >= 0.6 is 0 Å². The summed E-state index contributed by atoms with van der Waals surface area (Å²) in [6, 6.07) is 10.7. The summed E-state index contributed by atoms with van der Waals surface area (Å²) in [4.78, 5) is 12.9. The number of allylic oxidation sites excluding steroid dienone is 2. The first-order valence-electron chi connectivity index (χ1n) is 11.1. The molecule has 0 saturated carbocycles. The van der Waals surface area contributed by atoms with Crippen molar-refractivity contribution in [2.75, 3.05) is 19.5 Å². The minimum Gasteiger partial charge on any atom is -0.497 e. The number of methoxy groups -OCH3 is 2. The predicted octanol–water partition coefficient (Wildman–Crippen LogP) is 4.81. The fraction of sp³-hybridized carbons (Fsp3) is 0.370. The number of nitrogens with one attached hydrogen (secondary N) is 1. The number of rotatable bonds is 6. The minimum absolute atomic E-state index is 0.423. The average Bonchev–Trinajstić information content (AvgIpc) is 2.78. The maximum absolute atomic E-state index is 12.9. The summed E-state index contributed by atoms with van der Waals surface area (Å²) in [7, 11) is 2.98. The summed E-state index contributed by atoms with van der Waals surface area (Å²) in [5.41, 5.74) is 1.22. The largest absolute Gasteiger partial charge is 0.497 e. The molecule has 0 aromatic heterocycles. The van der Waals surface area contributed by atoms with E-state index in [1.807, 2.05) is 19.1 Å². The van der Waals surface area contributed by atoms with Crippen LogP contribution in [0.2, 0.25) is 0 Å². The monoisotopic (exact) mass is 449 g/mol. The highest BCUT2D eigenvalue weighted by atomic mass is 16.5. The van der Waals surface area contributed by atoms with Gasteiger partial charge in [-0.15, -0.1) is 0 Å². The molecule has 0 radical (unpaired) electrons. The van der Waals surface area contributed by atoms with Crippen LogP contribution < -0.4 is 14.8 Å². The smallest absolute Gasteiger partial charge is 0.257 e. The summed E-state index contributed by atoms with van der Waals surface area (Å²) >= 11 is 0. The summed E-state index contributed by atoms with van der Waals surface area (Å²) in [5, 5.41) is 15.1. The van der Waals surface area contributed by atoms with Crippen LogP contribution in [0.25, 0.3) is 6.08 Å². The van der Waals surface area contributed by atoms with Crippen molar-refractivity contribution in [3.8, 4) is 11.5 Å². The Bertz CT molecular complexity index is 1130. The molecular weight excluding hydrogens is 418 g/mol. The number of benzene rings is 2. The number of anilines is 1. The molecule has 0 bridgehead atoms. The molecule has 33 heavy (non-hydrogen) atoms. The molecule has 0 aliphatic carbocycles. The second-order valence-electron chi connectivity index (χ2n) is 9.08. The van der Waals surface area contributed by atoms with E-state index in [0.717, 1.165) is 18.4 Å². The van der Waals surface area contributed by atoms with Gasteiger partial charge in [0.05, 0.1) is 18.4 Å². The lowest BCUT2D eigenvalue weighted by Gasteiger charge is -2.43. The lowest BCUT2D eigenvalue weighted by atomic mass is 9.76. The second kappa shape index (κ2) is 8.69. The van der Waals surface area contributed by atoms with Crippen molar-refractivity contribution in [1.29, 1.82) is 0 Å². The van der Waals surface area contributed by atoms with Gasteiger partial charge in [0.15, 0.2) is 11.7 Å². The quantitative estimate of drug-likeness (QED) is 0.619. The highest BCUT2D eigenvalue weighted by Gasteiger charge is 2.52. The molecule has 2 aromatic carbocycles. The molecule has 2 aliphatic heterocycles. The van der Waals surface area contributed by atoms with Crippen LogP contribution in [-0.4, -0.2) is 36.9 Å². The van der Waals surface area contributed by atoms with Crippen LogP contribution in [0.4, 0.5) is 5.69 Å². The first-order chi connectivity index (χ1) is 15.7. The predicted molar refractivity (Wildman–Crippen MR) is 129 cm³/mol. The van der Waals surface area contributed by atoms with Crippen LogP contribution in [0.3, 0.4) is 0 Å². The molecule has 1 amide bonds. The van der Waals surface area contributed by atoms with Crippen LogP contribution in [0.1, 0.15) is 50.3 Å². The zero-order chi connectivity index (χ0) is 23.8. The third-order valence-electron chi connectivity index (χ3n) is 6.33. The van der Waals surface area contributed by atoms with Crippen molar-refractivity contribution in [3.63, 3.8) is 0 Å². The molecule has 0 fully saturated rings. The normalized spacial score (nSPS) is 25.4. The molecule has 2 N–H and O–H groups in total. The maximum Gasteiger partial charge on any atom is 0.257 e. The topological polar surface area (TPSA) is 77.0 Å². The van der Waals surface area contributed by atoms with Gasteiger partial charge < -0.3 is 24.6 Å². The highest BCUT2D eigenvalue weighted by molar-refractivity contribution is 6.01. The molecule has 174 valence electrons. The molecule has 3 atom stereocenters. The fourth-order valence-corrected chi connectivity index (χ4v) is 4.59. The van der Waals surface area contributed by atoms with E-state index in [1.165, 1.54) is 12.7 Å². The third-order valence-corrected chi connectivity index (χ3v) is 6.33. The number of ether oxygens (including phenoxy) is 3. The number of carbonyl (C=O) groups excluding carboxylic acids is 1. The molecule has 6 heteroatoms. The Morgan fingerprint density at radius 1 is 1.24 bits per heavy atom. The number of amides is 1. The molecule has 4 rings (SSSR count). The van der Waals surface area contributed by atoms with Gasteiger partial charge in [0, 0.05) is 12.7 Å². The minimum atomic E-state index is -1.78.